The van der Waals surface area contributed by atoms with Gasteiger partial charge in [-0.2, -0.15) is 0 Å². The molecule has 1 radical (unpaired) electrons. The van der Waals surface area contributed by atoms with E-state index in [9.17, 15) is 0 Å². The smallest absolute Gasteiger partial charge is 0.0272 e. The molecule has 1 aliphatic rings. The molecule has 2 atom stereocenters. The van der Waals surface area contributed by atoms with E-state index in [-0.39, 0.29) is 0 Å². The Labute approximate surface area is 77.7 Å². The lowest BCUT2D eigenvalue weighted by molar-refractivity contribution is 0.222. The van der Waals surface area contributed by atoms with Crippen molar-refractivity contribution in [3.63, 3.8) is 0 Å². The molecule has 0 aromatic heterocycles. The van der Waals surface area contributed by atoms with Crippen molar-refractivity contribution in [2.24, 2.45) is 17.8 Å². The third kappa shape index (κ3) is 2.50. The van der Waals surface area contributed by atoms with E-state index in [1.54, 1.807) is 5.92 Å². The van der Waals surface area contributed by atoms with Gasteiger partial charge < -0.3 is 0 Å². The summed E-state index contributed by atoms with van der Waals surface area (Å²) in [7, 11) is 0. The molecule has 1 rings (SSSR count). The molecule has 1 fully saturated rings. The molecule has 0 heterocycles. The van der Waals surface area contributed by atoms with E-state index in [1.807, 2.05) is 0 Å². The second-order valence-corrected chi connectivity index (χ2v) is 4.94. The highest BCUT2D eigenvalue weighted by Crippen LogP contribution is 2.37. The van der Waals surface area contributed by atoms with Crippen molar-refractivity contribution < 1.29 is 0 Å². The van der Waals surface area contributed by atoms with Crippen LogP contribution in [0.3, 0.4) is 0 Å². The SMILES string of the molecule is C[C](C)C1CCCC(C(C)C)C1. The van der Waals surface area contributed by atoms with Gasteiger partial charge in [0.15, 0.2) is 0 Å². The first-order chi connectivity index (χ1) is 5.61. The molecule has 71 valence electrons. The lowest BCUT2D eigenvalue weighted by Crippen LogP contribution is -2.22. The van der Waals surface area contributed by atoms with Crippen LogP contribution in [0.2, 0.25) is 0 Å². The summed E-state index contributed by atoms with van der Waals surface area (Å²) < 4.78 is 0. The summed E-state index contributed by atoms with van der Waals surface area (Å²) in [6.07, 6.45) is 5.84. The van der Waals surface area contributed by atoms with Crippen molar-refractivity contribution in [2.75, 3.05) is 0 Å². The zero-order valence-electron chi connectivity index (χ0n) is 9.06. The van der Waals surface area contributed by atoms with Crippen LogP contribution in [0.1, 0.15) is 53.4 Å². The van der Waals surface area contributed by atoms with E-state index in [4.69, 9.17) is 0 Å². The highest BCUT2D eigenvalue weighted by Gasteiger charge is 2.25. The lowest BCUT2D eigenvalue weighted by atomic mass is 9.72. The summed E-state index contributed by atoms with van der Waals surface area (Å²) in [5.41, 5.74) is 0. The zero-order valence-corrected chi connectivity index (χ0v) is 9.06. The predicted octanol–water partition coefficient (Wildman–Crippen LogP) is 4.06. The fourth-order valence-electron chi connectivity index (χ4n) is 2.36. The van der Waals surface area contributed by atoms with Gasteiger partial charge in [-0.05, 0) is 36.5 Å². The van der Waals surface area contributed by atoms with Crippen molar-refractivity contribution in [2.45, 2.75) is 53.4 Å². The molecule has 12 heavy (non-hydrogen) atoms. The molecular formula is C12H23. The first kappa shape index (κ1) is 10.1. The minimum atomic E-state index is 0.896. The average Bonchev–Trinajstić information content (AvgIpc) is 2.04. The Morgan fingerprint density at radius 2 is 1.83 bits per heavy atom. The zero-order chi connectivity index (χ0) is 9.14. The van der Waals surface area contributed by atoms with E-state index >= 15 is 0 Å². The van der Waals surface area contributed by atoms with Gasteiger partial charge in [0.2, 0.25) is 0 Å². The average molecular weight is 167 g/mol. The Morgan fingerprint density at radius 1 is 1.17 bits per heavy atom. The maximum Gasteiger partial charge on any atom is -0.0272 e. The molecule has 2 unspecified atom stereocenters. The lowest BCUT2D eigenvalue weighted by Gasteiger charge is -2.33. The Morgan fingerprint density at radius 3 is 2.33 bits per heavy atom. The van der Waals surface area contributed by atoms with E-state index in [0.717, 1.165) is 17.8 Å². The van der Waals surface area contributed by atoms with Gasteiger partial charge in [0.05, 0.1) is 0 Å². The molecule has 0 aromatic carbocycles. The molecule has 0 spiro atoms. The van der Waals surface area contributed by atoms with Crippen LogP contribution in [0.15, 0.2) is 0 Å². The number of rotatable bonds is 2. The standard InChI is InChI=1S/C12H23/c1-9(2)11-6-5-7-12(8-11)10(3)4/h9,11-12H,5-8H2,1-4H3. The summed E-state index contributed by atoms with van der Waals surface area (Å²) >= 11 is 0. The van der Waals surface area contributed by atoms with E-state index < -0.39 is 0 Å². The Balaban J connectivity index is 2.40. The van der Waals surface area contributed by atoms with Crippen molar-refractivity contribution in [1.29, 1.82) is 0 Å². The number of hydrogen-bond donors (Lipinski definition) is 0. The monoisotopic (exact) mass is 167 g/mol. The topological polar surface area (TPSA) is 0 Å². The van der Waals surface area contributed by atoms with Crippen LogP contribution < -0.4 is 0 Å². The molecule has 0 N–H and O–H groups in total. The fourth-order valence-corrected chi connectivity index (χ4v) is 2.36. The summed E-state index contributed by atoms with van der Waals surface area (Å²) in [6, 6.07) is 0. The van der Waals surface area contributed by atoms with E-state index in [0.29, 0.717) is 0 Å². The van der Waals surface area contributed by atoms with Crippen LogP contribution in [-0.2, 0) is 0 Å². The predicted molar refractivity (Wildman–Crippen MR) is 54.9 cm³/mol. The molecule has 1 aliphatic carbocycles. The quantitative estimate of drug-likeness (QED) is 0.581. The molecular weight excluding hydrogens is 144 g/mol. The van der Waals surface area contributed by atoms with Crippen molar-refractivity contribution >= 4 is 0 Å². The second kappa shape index (κ2) is 4.30. The molecule has 0 aromatic rings. The minimum absolute atomic E-state index is 0.896. The van der Waals surface area contributed by atoms with E-state index in [1.165, 1.54) is 25.7 Å². The van der Waals surface area contributed by atoms with Crippen LogP contribution in [0.4, 0.5) is 0 Å². The van der Waals surface area contributed by atoms with Gasteiger partial charge in [-0.25, -0.2) is 0 Å². The maximum absolute atomic E-state index is 2.37. The molecule has 0 amide bonds. The molecule has 1 saturated carbocycles. The van der Waals surface area contributed by atoms with Gasteiger partial charge in [-0.1, -0.05) is 40.5 Å². The summed E-state index contributed by atoms with van der Waals surface area (Å²) in [5.74, 6) is 4.48. The van der Waals surface area contributed by atoms with Gasteiger partial charge in [0, 0.05) is 0 Å². The fraction of sp³-hybridized carbons (Fsp3) is 0.917. The van der Waals surface area contributed by atoms with Gasteiger partial charge in [-0.15, -0.1) is 0 Å². The van der Waals surface area contributed by atoms with E-state index in [2.05, 4.69) is 27.7 Å². The van der Waals surface area contributed by atoms with Crippen molar-refractivity contribution in [3.8, 4) is 0 Å². The molecule has 0 bridgehead atoms. The Kier molecular flexibility index (Phi) is 3.61. The first-order valence-corrected chi connectivity index (χ1v) is 5.41. The normalized spacial score (nSPS) is 31.5. The van der Waals surface area contributed by atoms with Gasteiger partial charge in [-0.3, -0.25) is 0 Å². The summed E-state index contributed by atoms with van der Waals surface area (Å²) in [6.45, 7) is 9.34. The van der Waals surface area contributed by atoms with Crippen LogP contribution in [0, 0.1) is 23.7 Å². The van der Waals surface area contributed by atoms with Gasteiger partial charge in [0.25, 0.3) is 0 Å². The Hall–Kier alpha value is 0. The highest BCUT2D eigenvalue weighted by molar-refractivity contribution is 4.91. The first-order valence-electron chi connectivity index (χ1n) is 5.41. The second-order valence-electron chi connectivity index (χ2n) is 4.94. The number of hydrogen-bond acceptors (Lipinski definition) is 0. The maximum atomic E-state index is 2.37. The summed E-state index contributed by atoms with van der Waals surface area (Å²) in [5, 5.41) is 0. The minimum Gasteiger partial charge on any atom is -0.0625 e. The van der Waals surface area contributed by atoms with Gasteiger partial charge in [0.1, 0.15) is 0 Å². The van der Waals surface area contributed by atoms with Crippen LogP contribution in [-0.4, -0.2) is 0 Å². The molecule has 0 heteroatoms. The molecule has 0 saturated heterocycles. The van der Waals surface area contributed by atoms with Crippen LogP contribution >= 0.6 is 0 Å². The van der Waals surface area contributed by atoms with Crippen molar-refractivity contribution in [3.05, 3.63) is 5.92 Å². The Bertz CT molecular complexity index is 110. The van der Waals surface area contributed by atoms with Gasteiger partial charge >= 0.3 is 0 Å². The van der Waals surface area contributed by atoms with Crippen LogP contribution in [0.5, 0.6) is 0 Å². The van der Waals surface area contributed by atoms with Crippen LogP contribution in [0.25, 0.3) is 0 Å². The molecule has 0 nitrogen and oxygen atoms in total. The highest BCUT2D eigenvalue weighted by atomic mass is 14.3. The van der Waals surface area contributed by atoms with Crippen molar-refractivity contribution in [1.82, 2.24) is 0 Å². The summed E-state index contributed by atoms with van der Waals surface area (Å²) in [4.78, 5) is 0. The third-order valence-corrected chi connectivity index (χ3v) is 3.47. The third-order valence-electron chi connectivity index (χ3n) is 3.47. The largest absolute Gasteiger partial charge is 0.0625 e. The molecule has 0 aliphatic heterocycles.